The molecule has 3 rings (SSSR count). The number of nitrogens with zero attached hydrogens (tertiary/aromatic N) is 2. The maximum atomic E-state index is 4.13. The number of rotatable bonds is 0. The van der Waals surface area contributed by atoms with Crippen LogP contribution in [0, 0.1) is 23.2 Å². The van der Waals surface area contributed by atoms with E-state index in [1.54, 1.807) is 18.6 Å². The van der Waals surface area contributed by atoms with Crippen molar-refractivity contribution in [2.45, 2.75) is 6.42 Å². The van der Waals surface area contributed by atoms with E-state index in [2.05, 4.69) is 27.1 Å². The molecule has 2 heterocycles. The van der Waals surface area contributed by atoms with E-state index >= 15 is 0 Å². The van der Waals surface area contributed by atoms with Gasteiger partial charge in [-0.25, -0.2) is 4.98 Å². The molecule has 0 bridgehead atoms. The van der Waals surface area contributed by atoms with Crippen LogP contribution in [0.2, 0.25) is 0 Å². The third kappa shape index (κ3) is 1.19. The topological polar surface area (TPSA) is 37.8 Å². The zero-order valence-electron chi connectivity index (χ0n) is 7.83. The molecule has 1 saturated carbocycles. The Morgan fingerprint density at radius 1 is 1.50 bits per heavy atom. The predicted octanol–water partition coefficient (Wildman–Crippen LogP) is 0.438. The summed E-state index contributed by atoms with van der Waals surface area (Å²) < 4.78 is 0. The van der Waals surface area contributed by atoms with Gasteiger partial charge < -0.3 is 5.32 Å². The molecule has 2 atom stereocenters. The lowest BCUT2D eigenvalue weighted by molar-refractivity contribution is 0.666. The minimum Gasteiger partial charge on any atom is -0.315 e. The fourth-order valence-corrected chi connectivity index (χ4v) is 2.08. The molecule has 1 N–H and O–H groups in total. The molecule has 0 amide bonds. The highest BCUT2D eigenvalue weighted by atomic mass is 15.0. The van der Waals surface area contributed by atoms with Crippen molar-refractivity contribution >= 4 is 0 Å². The molecular formula is C11H11N3. The average Bonchev–Trinajstić information content (AvgIpc) is 2.80. The average molecular weight is 185 g/mol. The lowest BCUT2D eigenvalue weighted by Crippen LogP contribution is -2.14. The standard InChI is InChI=1S/C11H11N3/c1(10-7-12-3-4-14-10)2-11-5-9(11)6-13-8-11/h3-4,7,9,13H,5-6,8H2. The fraction of sp³-hybridized carbons (Fsp3) is 0.455. The summed E-state index contributed by atoms with van der Waals surface area (Å²) in [4.78, 5) is 8.12. The molecular weight excluding hydrogens is 174 g/mol. The van der Waals surface area contributed by atoms with Crippen LogP contribution in [0.25, 0.3) is 0 Å². The smallest absolute Gasteiger partial charge is 0.131 e. The third-order valence-electron chi connectivity index (χ3n) is 3.07. The first kappa shape index (κ1) is 7.95. The van der Waals surface area contributed by atoms with Crippen LogP contribution >= 0.6 is 0 Å². The molecule has 0 radical (unpaired) electrons. The molecule has 70 valence electrons. The van der Waals surface area contributed by atoms with Gasteiger partial charge in [0.2, 0.25) is 0 Å². The molecule has 2 unspecified atom stereocenters. The van der Waals surface area contributed by atoms with Crippen molar-refractivity contribution in [3.63, 3.8) is 0 Å². The van der Waals surface area contributed by atoms with E-state index in [0.29, 0.717) is 0 Å². The van der Waals surface area contributed by atoms with Crippen molar-refractivity contribution in [3.05, 3.63) is 24.3 Å². The molecule has 0 aromatic carbocycles. The van der Waals surface area contributed by atoms with E-state index in [-0.39, 0.29) is 5.41 Å². The van der Waals surface area contributed by atoms with Crippen LogP contribution in [-0.4, -0.2) is 23.1 Å². The van der Waals surface area contributed by atoms with Crippen LogP contribution in [0.15, 0.2) is 18.6 Å². The Kier molecular flexibility index (Phi) is 1.59. The third-order valence-corrected chi connectivity index (χ3v) is 3.07. The lowest BCUT2D eigenvalue weighted by Gasteiger charge is -1.99. The van der Waals surface area contributed by atoms with E-state index in [1.165, 1.54) is 6.42 Å². The number of fused-ring (bicyclic) bond motifs is 1. The van der Waals surface area contributed by atoms with Crippen LogP contribution in [-0.2, 0) is 0 Å². The molecule has 1 aromatic rings. The summed E-state index contributed by atoms with van der Waals surface area (Å²) in [5, 5.41) is 3.36. The Hall–Kier alpha value is -1.40. The molecule has 14 heavy (non-hydrogen) atoms. The molecule has 1 aliphatic heterocycles. The first-order chi connectivity index (χ1) is 6.89. The number of piperidine rings is 1. The highest BCUT2D eigenvalue weighted by Gasteiger charge is 2.56. The van der Waals surface area contributed by atoms with Gasteiger partial charge in [0, 0.05) is 24.4 Å². The van der Waals surface area contributed by atoms with Gasteiger partial charge in [0.1, 0.15) is 5.69 Å². The van der Waals surface area contributed by atoms with Crippen molar-refractivity contribution in [1.29, 1.82) is 0 Å². The number of nitrogens with one attached hydrogen (secondary N) is 1. The molecule has 3 nitrogen and oxygen atoms in total. The molecule has 1 saturated heterocycles. The van der Waals surface area contributed by atoms with E-state index in [9.17, 15) is 0 Å². The predicted molar refractivity (Wildman–Crippen MR) is 52.3 cm³/mol. The van der Waals surface area contributed by atoms with Crippen molar-refractivity contribution < 1.29 is 0 Å². The molecule has 0 spiro atoms. The molecule has 2 fully saturated rings. The Morgan fingerprint density at radius 3 is 3.14 bits per heavy atom. The van der Waals surface area contributed by atoms with E-state index in [4.69, 9.17) is 0 Å². The van der Waals surface area contributed by atoms with Crippen LogP contribution in [0.3, 0.4) is 0 Å². The summed E-state index contributed by atoms with van der Waals surface area (Å²) in [6, 6.07) is 0. The summed E-state index contributed by atoms with van der Waals surface area (Å²) >= 11 is 0. The summed E-state index contributed by atoms with van der Waals surface area (Å²) in [6.45, 7) is 2.18. The fourth-order valence-electron chi connectivity index (χ4n) is 2.08. The Bertz CT molecular complexity index is 404. The largest absolute Gasteiger partial charge is 0.315 e. The second kappa shape index (κ2) is 2.79. The Morgan fingerprint density at radius 2 is 2.50 bits per heavy atom. The van der Waals surface area contributed by atoms with Crippen molar-refractivity contribution in [2.75, 3.05) is 13.1 Å². The summed E-state index contributed by atoms with van der Waals surface area (Å²) in [6.07, 6.45) is 6.32. The SMILES string of the molecule is C(#CC12CNCC1C2)c1cnccn1. The zero-order chi connectivity index (χ0) is 9.43. The maximum absolute atomic E-state index is 4.13. The van der Waals surface area contributed by atoms with Gasteiger partial charge in [0.05, 0.1) is 6.20 Å². The first-order valence-corrected chi connectivity index (χ1v) is 4.89. The number of aromatic nitrogens is 2. The van der Waals surface area contributed by atoms with Gasteiger partial charge in [-0.05, 0) is 24.8 Å². The van der Waals surface area contributed by atoms with E-state index in [1.807, 2.05) is 0 Å². The normalized spacial score (nSPS) is 33.0. The summed E-state index contributed by atoms with van der Waals surface area (Å²) in [5.41, 5.74) is 1.05. The monoisotopic (exact) mass is 185 g/mol. The minimum atomic E-state index is 0.275. The van der Waals surface area contributed by atoms with Crippen LogP contribution < -0.4 is 5.32 Å². The quantitative estimate of drug-likeness (QED) is 0.596. The van der Waals surface area contributed by atoms with Gasteiger partial charge in [0.15, 0.2) is 0 Å². The Labute approximate surface area is 83.0 Å². The van der Waals surface area contributed by atoms with E-state index < -0.39 is 0 Å². The highest BCUT2D eigenvalue weighted by Crippen LogP contribution is 2.54. The molecule has 1 aliphatic carbocycles. The van der Waals surface area contributed by atoms with Gasteiger partial charge >= 0.3 is 0 Å². The highest BCUT2D eigenvalue weighted by molar-refractivity contribution is 5.34. The van der Waals surface area contributed by atoms with Crippen LogP contribution in [0.1, 0.15) is 12.1 Å². The van der Waals surface area contributed by atoms with Gasteiger partial charge in [-0.3, -0.25) is 4.98 Å². The van der Waals surface area contributed by atoms with Gasteiger partial charge in [-0.1, -0.05) is 5.92 Å². The van der Waals surface area contributed by atoms with Gasteiger partial charge in [-0.15, -0.1) is 0 Å². The Balaban J connectivity index is 1.82. The van der Waals surface area contributed by atoms with E-state index in [0.717, 1.165) is 24.7 Å². The lowest BCUT2D eigenvalue weighted by atomic mass is 10.1. The second-order valence-corrected chi connectivity index (χ2v) is 4.03. The van der Waals surface area contributed by atoms with Crippen LogP contribution in [0.5, 0.6) is 0 Å². The molecule has 1 aromatic heterocycles. The molecule has 3 heteroatoms. The summed E-state index contributed by atoms with van der Waals surface area (Å²) in [7, 11) is 0. The van der Waals surface area contributed by atoms with Crippen molar-refractivity contribution in [2.24, 2.45) is 11.3 Å². The van der Waals surface area contributed by atoms with Gasteiger partial charge in [0.25, 0.3) is 0 Å². The number of hydrogen-bond donors (Lipinski definition) is 1. The second-order valence-electron chi connectivity index (χ2n) is 4.03. The zero-order valence-corrected chi connectivity index (χ0v) is 7.83. The summed E-state index contributed by atoms with van der Waals surface area (Å²) in [5.74, 6) is 7.22. The van der Waals surface area contributed by atoms with Gasteiger partial charge in [-0.2, -0.15) is 0 Å². The first-order valence-electron chi connectivity index (χ1n) is 4.89. The van der Waals surface area contributed by atoms with Crippen LogP contribution in [0.4, 0.5) is 0 Å². The minimum absolute atomic E-state index is 0.275. The maximum Gasteiger partial charge on any atom is 0.131 e. The van der Waals surface area contributed by atoms with Crippen molar-refractivity contribution in [3.8, 4) is 11.8 Å². The molecule has 2 aliphatic rings. The van der Waals surface area contributed by atoms with Crippen molar-refractivity contribution in [1.82, 2.24) is 15.3 Å². The number of hydrogen-bond acceptors (Lipinski definition) is 3.